The summed E-state index contributed by atoms with van der Waals surface area (Å²) in [7, 11) is 1.97. The van der Waals surface area contributed by atoms with E-state index in [9.17, 15) is 26.3 Å². The van der Waals surface area contributed by atoms with Gasteiger partial charge in [-0.1, -0.05) is 83.9 Å². The van der Waals surface area contributed by atoms with Gasteiger partial charge in [-0.15, -0.1) is 0 Å². The first-order valence-corrected chi connectivity index (χ1v) is 32.3. The lowest BCUT2D eigenvalue weighted by Gasteiger charge is -2.19. The second-order valence-corrected chi connectivity index (χ2v) is 25.1. The SMILES string of the molecule is Cc1ccc(C)c(C)c1.Cc1ccc(C)c(C)c1C.Cc1ccc(C)c(OC2CCCC2)c1C.Cc1ccc(N)c2ncn(C)c12.Cc1ccc(OC(F)F)c(C)c1.Cc1ccc(OC(F)F)c(OC2CCCC2)c1C.Cc1ccc(OC(F)F)c(OCC2CC2)c1C. The van der Waals surface area contributed by atoms with Crippen molar-refractivity contribution >= 4 is 16.7 Å². The molecule has 0 spiro atoms. The minimum Gasteiger partial charge on any atom is -0.490 e. The summed E-state index contributed by atoms with van der Waals surface area (Å²) in [5, 5.41) is 0. The van der Waals surface area contributed by atoms with Gasteiger partial charge in [-0.2, -0.15) is 26.3 Å². The van der Waals surface area contributed by atoms with Crippen molar-refractivity contribution in [3.63, 3.8) is 0 Å². The van der Waals surface area contributed by atoms with Crippen molar-refractivity contribution in [3.05, 3.63) is 198 Å². The smallest absolute Gasteiger partial charge is 0.387 e. The third-order valence-corrected chi connectivity index (χ3v) is 17.6. The van der Waals surface area contributed by atoms with Gasteiger partial charge in [0.05, 0.1) is 36.3 Å². The third-order valence-electron chi connectivity index (χ3n) is 17.6. The summed E-state index contributed by atoms with van der Waals surface area (Å²) in [4.78, 5) is 4.22. The Morgan fingerprint density at radius 3 is 1.24 bits per heavy atom. The molecule has 93 heavy (non-hydrogen) atoms. The minimum atomic E-state index is -2.82. The van der Waals surface area contributed by atoms with Gasteiger partial charge in [0.2, 0.25) is 0 Å². The molecule has 0 amide bonds. The van der Waals surface area contributed by atoms with Gasteiger partial charge in [-0.3, -0.25) is 0 Å². The highest BCUT2D eigenvalue weighted by Crippen LogP contribution is 2.39. The van der Waals surface area contributed by atoms with Crippen LogP contribution in [-0.4, -0.2) is 48.2 Å². The normalized spacial score (nSPS) is 13.4. The maximum atomic E-state index is 12.4. The summed E-state index contributed by atoms with van der Waals surface area (Å²) in [6, 6.07) is 30.8. The molecule has 0 bridgehead atoms. The lowest BCUT2D eigenvalue weighted by atomic mass is 10.0. The van der Waals surface area contributed by atoms with Crippen LogP contribution in [0.15, 0.2) is 103 Å². The topological polar surface area (TPSA) is 99.2 Å². The fraction of sp³-hybridized carbons (Fsp3) is 0.449. The number of aryl methyl sites for hydroxylation is 13. The van der Waals surface area contributed by atoms with Crippen LogP contribution < -0.4 is 34.2 Å². The van der Waals surface area contributed by atoms with Crippen LogP contribution in [0.4, 0.5) is 32.0 Å². The molecule has 506 valence electrons. The van der Waals surface area contributed by atoms with Crippen molar-refractivity contribution < 1.29 is 54.8 Å². The Morgan fingerprint density at radius 1 is 0.409 bits per heavy atom. The van der Waals surface area contributed by atoms with E-state index >= 15 is 0 Å². The monoisotopic (exact) mass is 1290 g/mol. The Bertz CT molecular complexity index is 3630. The number of nitrogen functional groups attached to an aromatic ring is 1. The highest BCUT2D eigenvalue weighted by molar-refractivity contribution is 5.89. The van der Waals surface area contributed by atoms with Crippen molar-refractivity contribution in [2.45, 2.75) is 214 Å². The Labute approximate surface area is 550 Å². The number of ether oxygens (including phenoxy) is 6. The Kier molecular flexibility index (Phi) is 29.9. The number of hydrogen-bond donors (Lipinski definition) is 1. The molecule has 3 fully saturated rings. The molecular weight excluding hydrogens is 1190 g/mol. The highest BCUT2D eigenvalue weighted by Gasteiger charge is 2.25. The molecular formula is C78H101F6N3O6. The van der Waals surface area contributed by atoms with E-state index in [1.165, 1.54) is 92.9 Å². The van der Waals surface area contributed by atoms with Crippen LogP contribution in [0, 0.1) is 124 Å². The van der Waals surface area contributed by atoms with Crippen LogP contribution in [-0.2, 0) is 7.05 Å². The molecule has 11 rings (SSSR count). The number of nitrogens with two attached hydrogens (primary N) is 1. The van der Waals surface area contributed by atoms with Crippen molar-refractivity contribution in [2.75, 3.05) is 12.3 Å². The van der Waals surface area contributed by atoms with E-state index in [1.54, 1.807) is 49.6 Å². The number of anilines is 1. The number of nitrogens with zero attached hydrogens (tertiary/aromatic N) is 2. The van der Waals surface area contributed by atoms with E-state index in [-0.39, 0.29) is 23.4 Å². The zero-order chi connectivity index (χ0) is 68.8. The lowest BCUT2D eigenvalue weighted by molar-refractivity contribution is -0.0525. The fourth-order valence-corrected chi connectivity index (χ4v) is 10.7. The summed E-state index contributed by atoms with van der Waals surface area (Å²) in [5.74, 6) is 3.15. The molecule has 0 unspecified atom stereocenters. The van der Waals surface area contributed by atoms with Gasteiger partial charge in [-0.05, 0) is 296 Å². The molecule has 3 aliphatic rings. The van der Waals surface area contributed by atoms with Gasteiger partial charge in [0.25, 0.3) is 0 Å². The first-order chi connectivity index (χ1) is 43.9. The number of aromatic nitrogens is 2. The first kappa shape index (κ1) is 75.9. The second-order valence-electron chi connectivity index (χ2n) is 25.1. The number of imidazole rings is 1. The van der Waals surface area contributed by atoms with Crippen molar-refractivity contribution in [2.24, 2.45) is 13.0 Å². The van der Waals surface area contributed by atoms with Crippen molar-refractivity contribution in [1.82, 2.24) is 9.55 Å². The molecule has 15 heteroatoms. The fourth-order valence-electron chi connectivity index (χ4n) is 10.7. The summed E-state index contributed by atoms with van der Waals surface area (Å²) >= 11 is 0. The molecule has 0 saturated heterocycles. The van der Waals surface area contributed by atoms with E-state index in [0.717, 1.165) is 94.4 Å². The average Bonchev–Trinajstić information content (AvgIpc) is 1.71. The summed E-state index contributed by atoms with van der Waals surface area (Å²) < 4.78 is 106. The van der Waals surface area contributed by atoms with Gasteiger partial charge in [0.15, 0.2) is 23.0 Å². The number of halogens is 6. The van der Waals surface area contributed by atoms with Crippen molar-refractivity contribution in [3.8, 4) is 34.5 Å². The number of hydrogen-bond acceptors (Lipinski definition) is 8. The molecule has 0 atom stereocenters. The summed E-state index contributed by atoms with van der Waals surface area (Å²) in [6.07, 6.45) is 14.1. The standard InChI is InChI=1S/C14H18F2O2.C14H20O.C13H16F2O2.C10H14.C9H10F2O.C9H11N3.C9H12/c1-9-7-8-12(18-14(15)16)13(10(9)2)17-11-5-3-4-6-11;1-10-8-9-11(2)14(12(10)3)15-13-6-4-5-7-13;1-8-3-6-11(17-13(14)15)12(9(8)2)16-7-10-4-5-10;1-7-5-6-8(2)10(4)9(7)3;1-6-3-4-8(7(2)5-6)12-9(10)11;1-6-3-4-7(10)8-9(6)12(2)5-11-8;1-7-4-5-8(2)9(3)6-7/h7-8,11,14H,3-6H2,1-2H3;8-9,13H,4-7H2,1-3H3;3,6,10,13H,4-5,7H2,1-2H3;5-6H,1-4H3;3-5,9H,1-2H3;3-5H,10H2,1-2H3;4-6H,1-3H3. The molecule has 1 aromatic heterocycles. The number of rotatable bonds is 13. The molecule has 0 radical (unpaired) electrons. The Hall–Kier alpha value is -7.81. The maximum absolute atomic E-state index is 12.4. The molecule has 9 nitrogen and oxygen atoms in total. The van der Waals surface area contributed by atoms with Gasteiger partial charge in [-0.25, -0.2) is 4.98 Å². The molecule has 0 aliphatic heterocycles. The quantitative estimate of drug-likeness (QED) is 0.0900. The van der Waals surface area contributed by atoms with Gasteiger partial charge in [0, 0.05) is 7.05 Å². The zero-order valence-corrected chi connectivity index (χ0v) is 58.2. The minimum absolute atomic E-state index is 0.128. The highest BCUT2D eigenvalue weighted by atomic mass is 19.3. The second kappa shape index (κ2) is 36.6. The average molecular weight is 1290 g/mol. The van der Waals surface area contributed by atoms with Gasteiger partial charge in [0.1, 0.15) is 17.0 Å². The van der Waals surface area contributed by atoms with E-state index in [1.807, 2.05) is 58.4 Å². The summed E-state index contributed by atoms with van der Waals surface area (Å²) in [6.45, 7) is 27.0. The molecule has 8 aromatic rings. The van der Waals surface area contributed by atoms with Crippen LogP contribution in [0.5, 0.6) is 34.5 Å². The van der Waals surface area contributed by atoms with E-state index in [4.69, 9.17) is 19.9 Å². The molecule has 7 aromatic carbocycles. The van der Waals surface area contributed by atoms with Crippen LogP contribution in [0.2, 0.25) is 0 Å². The van der Waals surface area contributed by atoms with Crippen LogP contribution in [0.1, 0.15) is 159 Å². The van der Waals surface area contributed by atoms with E-state index in [0.29, 0.717) is 30.1 Å². The van der Waals surface area contributed by atoms with Crippen LogP contribution in [0.3, 0.4) is 0 Å². The zero-order valence-electron chi connectivity index (χ0n) is 58.2. The first-order valence-electron chi connectivity index (χ1n) is 32.3. The third kappa shape index (κ3) is 23.9. The van der Waals surface area contributed by atoms with E-state index in [2.05, 4.69) is 138 Å². The molecule has 1 heterocycles. The number of fused-ring (bicyclic) bond motifs is 1. The van der Waals surface area contributed by atoms with Gasteiger partial charge >= 0.3 is 19.8 Å². The number of alkyl halides is 6. The maximum Gasteiger partial charge on any atom is 0.387 e. The predicted octanol–water partition coefficient (Wildman–Crippen LogP) is 21.8. The van der Waals surface area contributed by atoms with Crippen LogP contribution >= 0.6 is 0 Å². The van der Waals surface area contributed by atoms with Gasteiger partial charge < -0.3 is 38.7 Å². The summed E-state index contributed by atoms with van der Waals surface area (Å²) in [5.41, 5.74) is 28.9. The molecule has 2 N–H and O–H groups in total. The lowest BCUT2D eigenvalue weighted by Crippen LogP contribution is -2.14. The Balaban J connectivity index is 0.000000199. The molecule has 3 saturated carbocycles. The predicted molar refractivity (Wildman–Crippen MR) is 368 cm³/mol. The van der Waals surface area contributed by atoms with Crippen molar-refractivity contribution in [1.29, 1.82) is 0 Å². The molecule has 3 aliphatic carbocycles. The van der Waals surface area contributed by atoms with Crippen LogP contribution in [0.25, 0.3) is 11.0 Å². The number of benzene rings is 7. The largest absolute Gasteiger partial charge is 0.490 e. The van der Waals surface area contributed by atoms with E-state index < -0.39 is 19.8 Å². The Morgan fingerprint density at radius 2 is 0.785 bits per heavy atom.